The zero-order chi connectivity index (χ0) is 13.8. The van der Waals surface area contributed by atoms with Crippen LogP contribution in [0.15, 0.2) is 35.1 Å². The highest BCUT2D eigenvalue weighted by Gasteiger charge is 2.12. The van der Waals surface area contributed by atoms with E-state index in [-0.39, 0.29) is 23.2 Å². The highest BCUT2D eigenvalue weighted by Crippen LogP contribution is 2.14. The summed E-state index contributed by atoms with van der Waals surface area (Å²) in [6.45, 7) is 4.01. The summed E-state index contributed by atoms with van der Waals surface area (Å²) in [4.78, 5) is 22.8. The van der Waals surface area contributed by atoms with Crippen molar-refractivity contribution in [2.45, 2.75) is 26.3 Å². The second-order valence-corrected chi connectivity index (χ2v) is 4.46. The number of benzene rings is 1. The van der Waals surface area contributed by atoms with E-state index in [1.54, 1.807) is 0 Å². The van der Waals surface area contributed by atoms with Gasteiger partial charge in [0.25, 0.3) is 11.5 Å². The van der Waals surface area contributed by atoms with Crippen molar-refractivity contribution in [2.75, 3.05) is 0 Å². The van der Waals surface area contributed by atoms with Gasteiger partial charge in [-0.05, 0) is 24.5 Å². The van der Waals surface area contributed by atoms with Gasteiger partial charge in [0.15, 0.2) is 0 Å². The van der Waals surface area contributed by atoms with Crippen LogP contribution in [0.25, 0.3) is 0 Å². The van der Waals surface area contributed by atoms with Crippen LogP contribution in [0.4, 0.5) is 0 Å². The van der Waals surface area contributed by atoms with Crippen molar-refractivity contribution in [2.24, 2.45) is 0 Å². The van der Waals surface area contributed by atoms with Crippen molar-refractivity contribution < 1.29 is 4.79 Å². The lowest BCUT2D eigenvalue weighted by atomic mass is 10.0. The third-order valence-corrected chi connectivity index (χ3v) is 3.08. The molecular weight excluding hydrogens is 242 g/mol. The first-order chi connectivity index (χ1) is 9.10. The van der Waals surface area contributed by atoms with Gasteiger partial charge in [0.1, 0.15) is 5.69 Å². The Morgan fingerprint density at radius 1 is 1.26 bits per heavy atom. The molecule has 3 N–H and O–H groups in total. The number of hydrogen-bond acceptors (Lipinski definition) is 2. The Labute approximate surface area is 111 Å². The Morgan fingerprint density at radius 3 is 2.47 bits per heavy atom. The molecule has 0 bridgehead atoms. The zero-order valence-corrected chi connectivity index (χ0v) is 11.0. The minimum Gasteiger partial charge on any atom is -0.344 e. The molecule has 0 radical (unpaired) electrons. The molecule has 1 atom stereocenters. The average molecular weight is 259 g/mol. The number of aromatic nitrogens is 2. The first-order valence-electron chi connectivity index (χ1n) is 6.27. The van der Waals surface area contributed by atoms with Gasteiger partial charge in [-0.15, -0.1) is 0 Å². The van der Waals surface area contributed by atoms with Crippen molar-refractivity contribution in [3.05, 3.63) is 57.5 Å². The summed E-state index contributed by atoms with van der Waals surface area (Å²) in [6.07, 6.45) is 0.992. The Bertz CT molecular complexity index is 610. The van der Waals surface area contributed by atoms with Crippen LogP contribution in [0.5, 0.6) is 0 Å². The van der Waals surface area contributed by atoms with Gasteiger partial charge < -0.3 is 5.32 Å². The Kier molecular flexibility index (Phi) is 3.85. The number of carbonyl (C=O) groups excluding carboxylic acids is 1. The van der Waals surface area contributed by atoms with E-state index >= 15 is 0 Å². The molecule has 1 aromatic carbocycles. The van der Waals surface area contributed by atoms with E-state index in [2.05, 4.69) is 34.6 Å². The molecule has 0 fully saturated rings. The number of aryl methyl sites for hydroxylation is 1. The van der Waals surface area contributed by atoms with E-state index in [1.807, 2.05) is 19.1 Å². The summed E-state index contributed by atoms with van der Waals surface area (Å²) in [6, 6.07) is 9.23. The Hall–Kier alpha value is -2.30. The summed E-state index contributed by atoms with van der Waals surface area (Å²) in [5.41, 5.74) is 2.22. The molecule has 0 aliphatic rings. The largest absolute Gasteiger partial charge is 0.344 e. The highest BCUT2D eigenvalue weighted by molar-refractivity contribution is 5.92. The molecule has 19 heavy (non-hydrogen) atoms. The van der Waals surface area contributed by atoms with E-state index in [9.17, 15) is 9.59 Å². The second-order valence-electron chi connectivity index (χ2n) is 4.46. The number of aromatic amines is 2. The summed E-state index contributed by atoms with van der Waals surface area (Å²) < 4.78 is 0. The third-order valence-electron chi connectivity index (χ3n) is 3.08. The second kappa shape index (κ2) is 5.56. The number of rotatable bonds is 4. The lowest BCUT2D eigenvalue weighted by Gasteiger charge is -2.14. The number of H-pyrrole nitrogens is 2. The molecule has 0 saturated carbocycles. The van der Waals surface area contributed by atoms with Crippen molar-refractivity contribution in [3.63, 3.8) is 0 Å². The van der Waals surface area contributed by atoms with Gasteiger partial charge in [0.2, 0.25) is 0 Å². The van der Waals surface area contributed by atoms with E-state index in [0.29, 0.717) is 0 Å². The van der Waals surface area contributed by atoms with Gasteiger partial charge in [-0.2, -0.15) is 0 Å². The fraction of sp³-hybridized carbons (Fsp3) is 0.286. The average Bonchev–Trinajstić information content (AvgIpc) is 2.85. The number of hydrogen-bond donors (Lipinski definition) is 3. The number of nitrogens with one attached hydrogen (secondary N) is 3. The lowest BCUT2D eigenvalue weighted by molar-refractivity contribution is 0.0935. The maximum Gasteiger partial charge on any atom is 0.269 e. The van der Waals surface area contributed by atoms with Crippen molar-refractivity contribution in [3.8, 4) is 0 Å². The third kappa shape index (κ3) is 3.13. The summed E-state index contributed by atoms with van der Waals surface area (Å²) in [5, 5.41) is 7.70. The molecule has 2 rings (SSSR count). The molecule has 1 heterocycles. The van der Waals surface area contributed by atoms with Gasteiger partial charge in [-0.25, -0.2) is 0 Å². The molecule has 100 valence electrons. The van der Waals surface area contributed by atoms with E-state index in [1.165, 1.54) is 11.6 Å². The fourth-order valence-electron chi connectivity index (χ4n) is 1.85. The summed E-state index contributed by atoms with van der Waals surface area (Å²) >= 11 is 0. The lowest BCUT2D eigenvalue weighted by Crippen LogP contribution is -2.27. The van der Waals surface area contributed by atoms with E-state index in [0.717, 1.165) is 12.0 Å². The van der Waals surface area contributed by atoms with Gasteiger partial charge >= 0.3 is 0 Å². The van der Waals surface area contributed by atoms with Crippen molar-refractivity contribution in [1.82, 2.24) is 15.5 Å². The molecule has 0 aliphatic carbocycles. The fourth-order valence-corrected chi connectivity index (χ4v) is 1.85. The molecule has 0 saturated heterocycles. The minimum absolute atomic E-state index is 0.114. The quantitative estimate of drug-likeness (QED) is 0.782. The Balaban J connectivity index is 2.05. The number of amides is 1. The predicted molar refractivity (Wildman–Crippen MR) is 73.1 cm³/mol. The zero-order valence-electron chi connectivity index (χ0n) is 11.0. The number of carbonyl (C=O) groups is 1. The molecule has 0 aliphatic heterocycles. The summed E-state index contributed by atoms with van der Waals surface area (Å²) in [5.74, 6) is -0.301. The molecule has 2 aromatic rings. The SMILES string of the molecule is CCc1ccc(C(C)NC(=O)c2cc(=O)[nH][nH]2)cc1. The van der Waals surface area contributed by atoms with Crippen LogP contribution >= 0.6 is 0 Å². The van der Waals surface area contributed by atoms with Crippen LogP contribution in [0, 0.1) is 0 Å². The van der Waals surface area contributed by atoms with E-state index in [4.69, 9.17) is 0 Å². The maximum absolute atomic E-state index is 11.9. The smallest absolute Gasteiger partial charge is 0.269 e. The highest BCUT2D eigenvalue weighted by atomic mass is 16.2. The predicted octanol–water partition coefficient (Wildman–Crippen LogP) is 1.76. The first kappa shape index (κ1) is 13.1. The molecule has 5 heteroatoms. The van der Waals surface area contributed by atoms with Crippen LogP contribution in [0.2, 0.25) is 0 Å². The van der Waals surface area contributed by atoms with Crippen molar-refractivity contribution in [1.29, 1.82) is 0 Å². The van der Waals surface area contributed by atoms with Crippen LogP contribution in [-0.4, -0.2) is 16.1 Å². The van der Waals surface area contributed by atoms with Crippen LogP contribution in [0.3, 0.4) is 0 Å². The Morgan fingerprint density at radius 2 is 1.95 bits per heavy atom. The van der Waals surface area contributed by atoms with Gasteiger partial charge in [-0.1, -0.05) is 31.2 Å². The molecule has 5 nitrogen and oxygen atoms in total. The minimum atomic E-state index is -0.315. The standard InChI is InChI=1S/C14H17N3O2/c1-3-10-4-6-11(7-5-10)9(2)15-14(19)12-8-13(18)17-16-12/h4-9H,3H2,1-2H3,(H,15,19)(H2,16,17,18). The normalized spacial score (nSPS) is 12.1. The molecule has 0 spiro atoms. The molecule has 1 aromatic heterocycles. The van der Waals surface area contributed by atoms with Gasteiger partial charge in [-0.3, -0.25) is 19.8 Å². The van der Waals surface area contributed by atoms with Crippen LogP contribution in [0.1, 0.15) is 41.5 Å². The van der Waals surface area contributed by atoms with Crippen LogP contribution < -0.4 is 10.9 Å². The topological polar surface area (TPSA) is 77.8 Å². The summed E-state index contributed by atoms with van der Waals surface area (Å²) in [7, 11) is 0. The molecular formula is C14H17N3O2. The van der Waals surface area contributed by atoms with E-state index < -0.39 is 0 Å². The molecule has 1 unspecified atom stereocenters. The monoisotopic (exact) mass is 259 g/mol. The van der Waals surface area contributed by atoms with Crippen molar-refractivity contribution >= 4 is 5.91 Å². The van der Waals surface area contributed by atoms with Gasteiger partial charge in [0.05, 0.1) is 6.04 Å². The van der Waals surface area contributed by atoms with Gasteiger partial charge in [0, 0.05) is 6.07 Å². The maximum atomic E-state index is 11.9. The van der Waals surface area contributed by atoms with Crippen LogP contribution in [-0.2, 0) is 6.42 Å². The molecule has 1 amide bonds. The first-order valence-corrected chi connectivity index (χ1v) is 6.27.